The zero-order chi connectivity index (χ0) is 17.4. The van der Waals surface area contributed by atoms with E-state index >= 15 is 0 Å². The van der Waals surface area contributed by atoms with E-state index < -0.39 is 0 Å². The smallest absolute Gasteiger partial charge is 0.315 e. The van der Waals surface area contributed by atoms with Gasteiger partial charge in [-0.2, -0.15) is 0 Å². The lowest BCUT2D eigenvalue weighted by molar-refractivity contribution is -0.916. The lowest BCUT2D eigenvalue weighted by Crippen LogP contribution is -2.59. The number of carbonyl (C=O) groups excluding carboxylic acids is 1. The molecule has 5 rings (SSSR count). The lowest BCUT2D eigenvalue weighted by Gasteiger charge is -2.50. The summed E-state index contributed by atoms with van der Waals surface area (Å²) < 4.78 is 13.7. The fourth-order valence-corrected chi connectivity index (χ4v) is 7.19. The number of hydrogen-bond acceptors (Lipinski definition) is 3. The molecule has 1 spiro atoms. The molecule has 0 amide bonds. The quantitative estimate of drug-likeness (QED) is 0.437. The van der Waals surface area contributed by atoms with Crippen LogP contribution >= 0.6 is 0 Å². The zero-order valence-corrected chi connectivity index (χ0v) is 16.1. The summed E-state index contributed by atoms with van der Waals surface area (Å²) >= 11 is 0. The molecule has 5 aliphatic rings. The van der Waals surface area contributed by atoms with Crippen LogP contribution in [0.4, 0.5) is 0 Å². The predicted octanol–water partition coefficient (Wildman–Crippen LogP) is 3.14. The molecule has 0 aromatic heterocycles. The second kappa shape index (κ2) is 5.22. The van der Waals surface area contributed by atoms with Crippen molar-refractivity contribution in [2.24, 2.45) is 23.7 Å². The number of rotatable bonds is 2. The van der Waals surface area contributed by atoms with Gasteiger partial charge in [-0.15, -0.1) is 0 Å². The van der Waals surface area contributed by atoms with Crippen molar-refractivity contribution in [3.05, 3.63) is 0 Å². The standard InChI is InChI=1S/C21H34NO3/c1-14-7-8-17-15(13-22(3)11-5-4-6-12-22)18(23)24-21(17)16(14)9-10-20(2)19(21)25-20/h14-17,19H,4-13H2,1-3H3/q+1/t14-,15?,16+,17+,19-,20-,21-/m1/s1. The number of quaternary nitrogens is 1. The van der Waals surface area contributed by atoms with Crippen LogP contribution < -0.4 is 0 Å². The Morgan fingerprint density at radius 2 is 1.88 bits per heavy atom. The Labute approximate surface area is 151 Å². The Kier molecular flexibility index (Phi) is 3.46. The number of likely N-dealkylation sites (tertiary alicyclic amines) is 1. The van der Waals surface area contributed by atoms with Crippen LogP contribution in [0, 0.1) is 23.7 Å². The Morgan fingerprint density at radius 3 is 2.64 bits per heavy atom. The van der Waals surface area contributed by atoms with E-state index in [-0.39, 0.29) is 29.2 Å². The van der Waals surface area contributed by atoms with E-state index in [2.05, 4.69) is 20.9 Å². The van der Waals surface area contributed by atoms with Gasteiger partial charge in [0.05, 0.1) is 32.3 Å². The Morgan fingerprint density at radius 1 is 1.12 bits per heavy atom. The van der Waals surface area contributed by atoms with Gasteiger partial charge in [-0.25, -0.2) is 0 Å². The first-order valence-electron chi connectivity index (χ1n) is 10.6. The average Bonchev–Trinajstić information content (AvgIpc) is 3.20. The molecule has 3 aliphatic heterocycles. The topological polar surface area (TPSA) is 38.8 Å². The van der Waals surface area contributed by atoms with Crippen molar-refractivity contribution in [1.82, 2.24) is 0 Å². The van der Waals surface area contributed by atoms with E-state index in [4.69, 9.17) is 9.47 Å². The van der Waals surface area contributed by atoms with Gasteiger partial charge in [0.25, 0.3) is 0 Å². The minimum Gasteiger partial charge on any atom is -0.455 e. The third kappa shape index (κ3) is 2.22. The summed E-state index contributed by atoms with van der Waals surface area (Å²) in [6.45, 7) is 8.03. The molecule has 7 atom stereocenters. The van der Waals surface area contributed by atoms with Crippen LogP contribution in [0.1, 0.15) is 58.8 Å². The Balaban J connectivity index is 1.47. The average molecular weight is 349 g/mol. The Bertz CT molecular complexity index is 586. The molecule has 4 nitrogen and oxygen atoms in total. The van der Waals surface area contributed by atoms with Crippen molar-refractivity contribution in [3.8, 4) is 0 Å². The summed E-state index contributed by atoms with van der Waals surface area (Å²) in [4.78, 5) is 13.1. The number of fused-ring (bicyclic) bond motifs is 1. The summed E-state index contributed by atoms with van der Waals surface area (Å²) in [7, 11) is 2.36. The number of nitrogens with zero attached hydrogens (tertiary/aromatic N) is 1. The van der Waals surface area contributed by atoms with E-state index in [0.717, 1.165) is 30.3 Å². The number of esters is 1. The van der Waals surface area contributed by atoms with Crippen LogP contribution in [-0.4, -0.2) is 54.4 Å². The molecule has 3 heterocycles. The first-order valence-corrected chi connectivity index (χ1v) is 10.6. The van der Waals surface area contributed by atoms with Crippen LogP contribution in [0.3, 0.4) is 0 Å². The fraction of sp³-hybridized carbons (Fsp3) is 0.952. The van der Waals surface area contributed by atoms with Crippen molar-refractivity contribution in [2.45, 2.75) is 76.1 Å². The number of epoxide rings is 1. The summed E-state index contributed by atoms with van der Waals surface area (Å²) in [5.74, 6) is 1.72. The molecule has 1 unspecified atom stereocenters. The van der Waals surface area contributed by atoms with Crippen LogP contribution in [0.15, 0.2) is 0 Å². The minimum absolute atomic E-state index is 0.0232. The zero-order valence-electron chi connectivity index (χ0n) is 16.1. The molecule has 3 saturated heterocycles. The number of piperidine rings is 1. The summed E-state index contributed by atoms with van der Waals surface area (Å²) in [6, 6.07) is 0. The highest BCUT2D eigenvalue weighted by atomic mass is 16.7. The van der Waals surface area contributed by atoms with E-state index in [1.165, 1.54) is 38.8 Å². The van der Waals surface area contributed by atoms with Gasteiger partial charge in [-0.05, 0) is 57.8 Å². The maximum atomic E-state index is 13.1. The fourth-order valence-electron chi connectivity index (χ4n) is 7.19. The van der Waals surface area contributed by atoms with E-state index in [0.29, 0.717) is 17.8 Å². The molecule has 0 N–H and O–H groups in total. The van der Waals surface area contributed by atoms with Crippen molar-refractivity contribution >= 4 is 5.97 Å². The van der Waals surface area contributed by atoms with Gasteiger partial charge >= 0.3 is 5.97 Å². The van der Waals surface area contributed by atoms with Crippen molar-refractivity contribution in [1.29, 1.82) is 0 Å². The van der Waals surface area contributed by atoms with Gasteiger partial charge < -0.3 is 14.0 Å². The molecule has 4 heteroatoms. The van der Waals surface area contributed by atoms with E-state index in [1.807, 2.05) is 0 Å². The van der Waals surface area contributed by atoms with Crippen LogP contribution in [0.5, 0.6) is 0 Å². The number of carbonyl (C=O) groups is 1. The highest BCUT2D eigenvalue weighted by Crippen LogP contribution is 2.66. The summed E-state index contributed by atoms with van der Waals surface area (Å²) in [5.41, 5.74) is -0.327. The normalized spacial score (nSPS) is 53.4. The molecule has 2 saturated carbocycles. The third-order valence-electron chi connectivity index (χ3n) is 8.62. The van der Waals surface area contributed by atoms with Gasteiger partial charge in [0, 0.05) is 11.8 Å². The maximum absolute atomic E-state index is 13.1. The molecule has 0 aromatic carbocycles. The molecule has 0 aromatic rings. The van der Waals surface area contributed by atoms with Crippen LogP contribution in [0.2, 0.25) is 0 Å². The number of ether oxygens (including phenoxy) is 2. The molecule has 25 heavy (non-hydrogen) atoms. The highest BCUT2D eigenvalue weighted by molar-refractivity contribution is 5.77. The van der Waals surface area contributed by atoms with Gasteiger partial charge in [0.1, 0.15) is 17.6 Å². The van der Waals surface area contributed by atoms with Crippen molar-refractivity contribution in [3.63, 3.8) is 0 Å². The largest absolute Gasteiger partial charge is 0.455 e. The van der Waals surface area contributed by atoms with Gasteiger partial charge in [0.2, 0.25) is 0 Å². The SMILES string of the molecule is C[C@@H]1CC[C@H]2C(C[N+]3(C)CCCCC3)C(=O)O[C@]23[C@H]1CC[C@@]1(C)O[C@@H]31. The summed E-state index contributed by atoms with van der Waals surface area (Å²) in [6.07, 6.45) is 8.81. The molecule has 0 bridgehead atoms. The second-order valence-corrected chi connectivity index (χ2v) is 10.3. The van der Waals surface area contributed by atoms with Gasteiger partial charge in [-0.3, -0.25) is 4.79 Å². The van der Waals surface area contributed by atoms with E-state index in [9.17, 15) is 4.79 Å². The first kappa shape index (κ1) is 16.6. The molecule has 140 valence electrons. The maximum Gasteiger partial charge on any atom is 0.315 e. The molecular formula is C21H34NO3+. The molecule has 2 aliphatic carbocycles. The Hall–Kier alpha value is -0.610. The molecule has 5 fully saturated rings. The first-order chi connectivity index (χ1) is 11.9. The van der Waals surface area contributed by atoms with Crippen LogP contribution in [0.25, 0.3) is 0 Å². The number of hydrogen-bond donors (Lipinski definition) is 0. The predicted molar refractivity (Wildman–Crippen MR) is 94.8 cm³/mol. The lowest BCUT2D eigenvalue weighted by atomic mass is 9.55. The van der Waals surface area contributed by atoms with Gasteiger partial charge in [-0.1, -0.05) is 6.92 Å². The van der Waals surface area contributed by atoms with Gasteiger partial charge in [0.15, 0.2) is 0 Å². The van der Waals surface area contributed by atoms with Crippen molar-refractivity contribution in [2.75, 3.05) is 26.7 Å². The second-order valence-electron chi connectivity index (χ2n) is 10.3. The summed E-state index contributed by atoms with van der Waals surface area (Å²) in [5, 5.41) is 0. The molecular weight excluding hydrogens is 314 g/mol. The highest BCUT2D eigenvalue weighted by Gasteiger charge is 2.77. The van der Waals surface area contributed by atoms with Crippen LogP contribution in [-0.2, 0) is 14.3 Å². The minimum atomic E-state index is -0.304. The molecule has 0 radical (unpaired) electrons. The van der Waals surface area contributed by atoms with Crippen molar-refractivity contribution < 1.29 is 18.8 Å². The third-order valence-corrected chi connectivity index (χ3v) is 8.62. The monoisotopic (exact) mass is 348 g/mol. The van der Waals surface area contributed by atoms with E-state index in [1.54, 1.807) is 0 Å².